The maximum atomic E-state index is 12.7. The molecule has 0 aliphatic rings. The highest BCUT2D eigenvalue weighted by Crippen LogP contribution is 2.16. The maximum Gasteiger partial charge on any atom is 0.160 e. The van der Waals surface area contributed by atoms with E-state index in [1.54, 1.807) is 12.1 Å². The first-order valence-electron chi connectivity index (χ1n) is 4.63. The van der Waals surface area contributed by atoms with Crippen LogP contribution in [0.3, 0.4) is 0 Å². The Morgan fingerprint density at radius 1 is 1.25 bits per heavy atom. The van der Waals surface area contributed by atoms with Crippen molar-refractivity contribution < 1.29 is 13.7 Å². The van der Waals surface area contributed by atoms with E-state index in [-0.39, 0.29) is 5.82 Å². The lowest BCUT2D eigenvalue weighted by Crippen LogP contribution is -1.86. The van der Waals surface area contributed by atoms with Gasteiger partial charge in [-0.25, -0.2) is 4.39 Å². The van der Waals surface area contributed by atoms with E-state index < -0.39 is 0 Å². The minimum atomic E-state index is -0.339. The van der Waals surface area contributed by atoms with E-state index in [1.807, 2.05) is 0 Å². The Morgan fingerprint density at radius 2 is 2.00 bits per heavy atom. The topological polar surface area (TPSA) is 43.1 Å². The van der Waals surface area contributed by atoms with Crippen LogP contribution in [-0.4, -0.2) is 11.4 Å². The Labute approximate surface area is 91.2 Å². The molecular weight excluding hydrogens is 209 g/mol. The summed E-state index contributed by atoms with van der Waals surface area (Å²) >= 11 is 0. The molecule has 0 aliphatic carbocycles. The van der Waals surface area contributed by atoms with Crippen molar-refractivity contribution in [3.63, 3.8) is 0 Å². The molecule has 0 atom stereocenters. The molecule has 16 heavy (non-hydrogen) atoms. The molecule has 0 amide bonds. The molecule has 1 aromatic heterocycles. The van der Waals surface area contributed by atoms with Gasteiger partial charge in [-0.15, -0.1) is 0 Å². The van der Waals surface area contributed by atoms with E-state index >= 15 is 0 Å². The first-order valence-corrected chi connectivity index (χ1v) is 4.63. The molecule has 0 bridgehead atoms. The van der Waals surface area contributed by atoms with Crippen LogP contribution in [0.25, 0.3) is 11.6 Å². The predicted octanol–water partition coefficient (Wildman–Crippen LogP) is 2.55. The fourth-order valence-electron chi connectivity index (χ4n) is 1.28. The van der Waals surface area contributed by atoms with Gasteiger partial charge in [0.2, 0.25) is 0 Å². The van der Waals surface area contributed by atoms with Crippen LogP contribution in [0, 0.1) is 5.82 Å². The van der Waals surface area contributed by atoms with E-state index in [9.17, 15) is 9.18 Å². The lowest BCUT2D eigenvalue weighted by atomic mass is 10.1. The van der Waals surface area contributed by atoms with Crippen molar-refractivity contribution in [2.75, 3.05) is 0 Å². The van der Waals surface area contributed by atoms with Crippen molar-refractivity contribution in [2.45, 2.75) is 0 Å². The number of nitrogens with zero attached hydrogens (tertiary/aromatic N) is 1. The predicted molar refractivity (Wildman–Crippen MR) is 56.8 cm³/mol. The Hall–Kier alpha value is -2.23. The van der Waals surface area contributed by atoms with Gasteiger partial charge in [-0.3, -0.25) is 4.79 Å². The molecule has 1 heterocycles. The maximum absolute atomic E-state index is 12.7. The molecule has 0 aliphatic heterocycles. The van der Waals surface area contributed by atoms with Gasteiger partial charge in [-0.05, 0) is 23.8 Å². The first kappa shape index (κ1) is 10.3. The number of benzene rings is 1. The van der Waals surface area contributed by atoms with Crippen LogP contribution in [0.1, 0.15) is 11.3 Å². The average Bonchev–Trinajstić information content (AvgIpc) is 2.80. The minimum absolute atomic E-state index is 0.339. The Bertz CT molecular complexity index is 500. The molecule has 0 unspecified atom stereocenters. The second kappa shape index (κ2) is 4.53. The van der Waals surface area contributed by atoms with Crippen LogP contribution in [-0.2, 0) is 4.79 Å². The summed E-state index contributed by atoms with van der Waals surface area (Å²) in [7, 11) is 0. The van der Waals surface area contributed by atoms with Crippen LogP contribution in [0.15, 0.2) is 41.1 Å². The van der Waals surface area contributed by atoms with Crippen molar-refractivity contribution in [2.24, 2.45) is 0 Å². The van der Waals surface area contributed by atoms with E-state index in [0.717, 1.165) is 0 Å². The van der Waals surface area contributed by atoms with Crippen LogP contribution in [0.4, 0.5) is 4.39 Å². The van der Waals surface area contributed by atoms with Gasteiger partial charge in [0, 0.05) is 11.6 Å². The molecule has 0 saturated heterocycles. The third-order valence-electron chi connectivity index (χ3n) is 2.06. The summed E-state index contributed by atoms with van der Waals surface area (Å²) in [6.07, 6.45) is 3.72. The highest BCUT2D eigenvalue weighted by molar-refractivity contribution is 6.12. The van der Waals surface area contributed by atoms with Gasteiger partial charge in [0.1, 0.15) is 5.82 Å². The molecule has 3 nitrogen and oxygen atoms in total. The van der Waals surface area contributed by atoms with E-state index in [2.05, 4.69) is 5.16 Å². The highest BCUT2D eigenvalue weighted by atomic mass is 19.1. The molecule has 2 rings (SSSR count). The number of hydrogen-bond donors (Lipinski definition) is 0. The number of aldehydes is 1. The van der Waals surface area contributed by atoms with Gasteiger partial charge in [-0.2, -0.15) is 0 Å². The summed E-state index contributed by atoms with van der Waals surface area (Å²) in [4.78, 5) is 10.9. The van der Waals surface area contributed by atoms with Crippen molar-refractivity contribution in [3.05, 3.63) is 53.7 Å². The van der Waals surface area contributed by atoms with Crippen LogP contribution < -0.4 is 0 Å². The smallest absolute Gasteiger partial charge is 0.160 e. The SMILES string of the molecule is O=CC(=Cc1ccno1)c1ccc(F)cc1. The molecular formula is C12H8FNO2. The zero-order chi connectivity index (χ0) is 11.4. The molecule has 0 radical (unpaired) electrons. The monoisotopic (exact) mass is 217 g/mol. The largest absolute Gasteiger partial charge is 0.357 e. The average molecular weight is 217 g/mol. The van der Waals surface area contributed by atoms with E-state index in [0.29, 0.717) is 23.2 Å². The Morgan fingerprint density at radius 3 is 2.56 bits per heavy atom. The van der Waals surface area contributed by atoms with Crippen molar-refractivity contribution in [1.29, 1.82) is 0 Å². The van der Waals surface area contributed by atoms with E-state index in [1.165, 1.54) is 30.5 Å². The molecule has 0 spiro atoms. The minimum Gasteiger partial charge on any atom is -0.357 e. The Kier molecular flexibility index (Phi) is 2.91. The first-order chi connectivity index (χ1) is 7.79. The van der Waals surface area contributed by atoms with E-state index in [4.69, 9.17) is 4.52 Å². The summed E-state index contributed by atoms with van der Waals surface area (Å²) in [5.41, 5.74) is 1.05. The Balaban J connectivity index is 2.36. The number of hydrogen-bond acceptors (Lipinski definition) is 3. The fraction of sp³-hybridized carbons (Fsp3) is 0. The van der Waals surface area contributed by atoms with Crippen molar-refractivity contribution in [1.82, 2.24) is 5.16 Å². The molecule has 1 aromatic carbocycles. The summed E-state index contributed by atoms with van der Waals surface area (Å²) in [6, 6.07) is 7.30. The second-order valence-corrected chi connectivity index (χ2v) is 3.14. The van der Waals surface area contributed by atoms with Crippen molar-refractivity contribution in [3.8, 4) is 0 Å². The quantitative estimate of drug-likeness (QED) is 0.586. The standard InChI is InChI=1S/C12H8FNO2/c13-11-3-1-9(2-4-11)10(8-15)7-12-5-6-14-16-12/h1-8H. The summed E-state index contributed by atoms with van der Waals surface area (Å²) in [5.74, 6) is 0.139. The van der Waals surface area contributed by atoms with Crippen LogP contribution >= 0.6 is 0 Å². The molecule has 4 heteroatoms. The van der Waals surface area contributed by atoms with Crippen LogP contribution in [0.5, 0.6) is 0 Å². The van der Waals surface area contributed by atoms with Gasteiger partial charge >= 0.3 is 0 Å². The number of allylic oxidation sites excluding steroid dienone is 1. The third kappa shape index (κ3) is 2.23. The van der Waals surface area contributed by atoms with Crippen molar-refractivity contribution >= 4 is 17.9 Å². The molecule has 2 aromatic rings. The van der Waals surface area contributed by atoms with Gasteiger partial charge < -0.3 is 4.52 Å². The fourth-order valence-corrected chi connectivity index (χ4v) is 1.28. The zero-order valence-electron chi connectivity index (χ0n) is 8.26. The molecule has 0 saturated carbocycles. The molecule has 0 N–H and O–H groups in total. The number of rotatable bonds is 3. The van der Waals surface area contributed by atoms with Gasteiger partial charge in [0.15, 0.2) is 12.0 Å². The normalized spacial score (nSPS) is 11.4. The number of carbonyl (C=O) groups is 1. The molecule has 0 fully saturated rings. The third-order valence-corrected chi connectivity index (χ3v) is 2.06. The zero-order valence-corrected chi connectivity index (χ0v) is 8.26. The summed E-state index contributed by atoms with van der Waals surface area (Å²) in [6.45, 7) is 0. The highest BCUT2D eigenvalue weighted by Gasteiger charge is 2.02. The number of halogens is 1. The van der Waals surface area contributed by atoms with Gasteiger partial charge in [0.25, 0.3) is 0 Å². The van der Waals surface area contributed by atoms with Gasteiger partial charge in [0.05, 0.1) is 6.20 Å². The second-order valence-electron chi connectivity index (χ2n) is 3.14. The lowest BCUT2D eigenvalue weighted by Gasteiger charge is -1.98. The summed E-state index contributed by atoms with van der Waals surface area (Å²) in [5, 5.41) is 3.52. The summed E-state index contributed by atoms with van der Waals surface area (Å²) < 4.78 is 17.5. The van der Waals surface area contributed by atoms with Gasteiger partial charge in [-0.1, -0.05) is 17.3 Å². The number of carbonyl (C=O) groups excluding carboxylic acids is 1. The number of aromatic nitrogens is 1. The molecule has 80 valence electrons. The van der Waals surface area contributed by atoms with Crippen LogP contribution in [0.2, 0.25) is 0 Å². The lowest BCUT2D eigenvalue weighted by molar-refractivity contribution is -0.103.